The van der Waals surface area contributed by atoms with E-state index >= 15 is 0 Å². The van der Waals surface area contributed by atoms with E-state index in [1.54, 1.807) is 6.92 Å². The molecule has 0 aromatic carbocycles. The third-order valence-electron chi connectivity index (χ3n) is 4.01. The number of hydrogen-bond acceptors (Lipinski definition) is 8. The van der Waals surface area contributed by atoms with Crippen molar-refractivity contribution in [2.75, 3.05) is 11.9 Å². The van der Waals surface area contributed by atoms with E-state index in [1.165, 1.54) is 22.2 Å². The van der Waals surface area contributed by atoms with Crippen molar-refractivity contribution in [3.63, 3.8) is 0 Å². The lowest BCUT2D eigenvalue weighted by Crippen LogP contribution is -2.27. The monoisotopic (exact) mass is 434 g/mol. The lowest BCUT2D eigenvalue weighted by atomic mass is 10.2. The van der Waals surface area contributed by atoms with Crippen LogP contribution in [0.3, 0.4) is 0 Å². The zero-order valence-electron chi connectivity index (χ0n) is 16.6. The first-order valence-electron chi connectivity index (χ1n) is 9.20. The average Bonchev–Trinajstić information content (AvgIpc) is 3.25. The summed E-state index contributed by atoms with van der Waals surface area (Å²) in [5.41, 5.74) is 0.235. The van der Waals surface area contributed by atoms with Crippen LogP contribution in [0.1, 0.15) is 41.0 Å². The number of thiazole rings is 1. The van der Waals surface area contributed by atoms with Crippen LogP contribution in [0.15, 0.2) is 17.2 Å². The number of amides is 1. The molecule has 3 rings (SSSR count). The molecule has 0 bridgehead atoms. The SMILES string of the molecule is CCc1cc2c(=O)n(CC(=O)Nc3nc(C)c(C(=O)OCC(C)C)s3)cnc2s1. The van der Waals surface area contributed by atoms with Gasteiger partial charge < -0.3 is 10.1 Å². The van der Waals surface area contributed by atoms with Gasteiger partial charge in [-0.2, -0.15) is 0 Å². The second-order valence-electron chi connectivity index (χ2n) is 6.94. The molecule has 1 amide bonds. The van der Waals surface area contributed by atoms with Crippen molar-refractivity contribution in [1.29, 1.82) is 0 Å². The number of carbonyl (C=O) groups excluding carboxylic acids is 2. The van der Waals surface area contributed by atoms with E-state index < -0.39 is 11.9 Å². The first-order valence-corrected chi connectivity index (χ1v) is 10.8. The highest BCUT2D eigenvalue weighted by molar-refractivity contribution is 7.18. The standard InChI is InChI=1S/C19H22N4O4S2/c1-5-12-6-13-16(28-12)20-9-23(17(13)25)7-14(24)22-19-21-11(4)15(29-19)18(26)27-8-10(2)3/h6,9-10H,5,7-8H2,1-4H3,(H,21,22,24). The minimum Gasteiger partial charge on any atom is -0.461 e. The summed E-state index contributed by atoms with van der Waals surface area (Å²) in [5, 5.41) is 3.44. The van der Waals surface area contributed by atoms with E-state index in [1.807, 2.05) is 26.8 Å². The maximum atomic E-state index is 12.6. The van der Waals surface area contributed by atoms with Gasteiger partial charge in [0.1, 0.15) is 16.3 Å². The zero-order chi connectivity index (χ0) is 21.1. The van der Waals surface area contributed by atoms with Crippen molar-refractivity contribution >= 4 is 49.9 Å². The molecule has 0 unspecified atom stereocenters. The molecule has 3 heterocycles. The molecule has 0 aliphatic carbocycles. The number of aryl methyl sites for hydroxylation is 2. The molecule has 1 N–H and O–H groups in total. The third-order valence-corrected chi connectivity index (χ3v) is 6.25. The van der Waals surface area contributed by atoms with Gasteiger partial charge in [0, 0.05) is 4.88 Å². The number of ether oxygens (including phenoxy) is 1. The maximum absolute atomic E-state index is 12.6. The van der Waals surface area contributed by atoms with E-state index in [-0.39, 0.29) is 23.2 Å². The minimum absolute atomic E-state index is 0.190. The highest BCUT2D eigenvalue weighted by Crippen LogP contribution is 2.24. The number of nitrogens with zero attached hydrogens (tertiary/aromatic N) is 3. The quantitative estimate of drug-likeness (QED) is 0.573. The van der Waals surface area contributed by atoms with Crippen LogP contribution in [0.2, 0.25) is 0 Å². The zero-order valence-corrected chi connectivity index (χ0v) is 18.3. The highest BCUT2D eigenvalue weighted by atomic mass is 32.1. The van der Waals surface area contributed by atoms with Crippen molar-refractivity contribution < 1.29 is 14.3 Å². The van der Waals surface area contributed by atoms with Crippen molar-refractivity contribution in [2.45, 2.75) is 40.7 Å². The number of fused-ring (bicyclic) bond motifs is 1. The summed E-state index contributed by atoms with van der Waals surface area (Å²) in [7, 11) is 0. The van der Waals surface area contributed by atoms with Gasteiger partial charge in [0.2, 0.25) is 5.91 Å². The summed E-state index contributed by atoms with van der Waals surface area (Å²) < 4.78 is 6.48. The molecule has 0 saturated carbocycles. The van der Waals surface area contributed by atoms with E-state index in [4.69, 9.17) is 4.74 Å². The van der Waals surface area contributed by atoms with Gasteiger partial charge in [-0.25, -0.2) is 14.8 Å². The van der Waals surface area contributed by atoms with Crippen LogP contribution in [-0.2, 0) is 22.5 Å². The highest BCUT2D eigenvalue weighted by Gasteiger charge is 2.19. The predicted molar refractivity (Wildman–Crippen MR) is 114 cm³/mol. The van der Waals surface area contributed by atoms with Crippen LogP contribution >= 0.6 is 22.7 Å². The number of aromatic nitrogens is 3. The molecular formula is C19H22N4O4S2. The summed E-state index contributed by atoms with van der Waals surface area (Å²) in [6.45, 7) is 7.73. The Bertz CT molecular complexity index is 1110. The van der Waals surface area contributed by atoms with Gasteiger partial charge in [-0.1, -0.05) is 32.1 Å². The van der Waals surface area contributed by atoms with Crippen molar-refractivity contribution in [3.05, 3.63) is 38.2 Å². The second kappa shape index (κ2) is 8.83. The molecular weight excluding hydrogens is 412 g/mol. The molecule has 29 heavy (non-hydrogen) atoms. The summed E-state index contributed by atoms with van der Waals surface area (Å²) in [5.74, 6) is -0.647. The van der Waals surface area contributed by atoms with E-state index in [0.717, 1.165) is 22.6 Å². The Labute approximate surface area is 175 Å². The molecule has 0 saturated heterocycles. The van der Waals surface area contributed by atoms with Gasteiger partial charge in [0.15, 0.2) is 5.13 Å². The van der Waals surface area contributed by atoms with Gasteiger partial charge in [-0.15, -0.1) is 11.3 Å². The van der Waals surface area contributed by atoms with Gasteiger partial charge in [0.05, 0.1) is 24.0 Å². The van der Waals surface area contributed by atoms with Crippen molar-refractivity contribution in [2.24, 2.45) is 5.92 Å². The lowest BCUT2D eigenvalue weighted by Gasteiger charge is -2.05. The smallest absolute Gasteiger partial charge is 0.350 e. The lowest BCUT2D eigenvalue weighted by molar-refractivity contribution is -0.116. The number of carbonyl (C=O) groups is 2. The average molecular weight is 435 g/mol. The van der Waals surface area contributed by atoms with Crippen LogP contribution in [0.4, 0.5) is 5.13 Å². The molecule has 154 valence electrons. The van der Waals surface area contributed by atoms with Gasteiger partial charge in [-0.05, 0) is 25.3 Å². The number of esters is 1. The Morgan fingerprint density at radius 3 is 2.76 bits per heavy atom. The Kier molecular flexibility index (Phi) is 6.43. The van der Waals surface area contributed by atoms with E-state index in [2.05, 4.69) is 15.3 Å². The number of rotatable bonds is 7. The maximum Gasteiger partial charge on any atom is 0.350 e. The molecule has 0 aliphatic rings. The number of hydrogen-bond donors (Lipinski definition) is 1. The topological polar surface area (TPSA) is 103 Å². The largest absolute Gasteiger partial charge is 0.461 e. The Morgan fingerprint density at radius 1 is 1.31 bits per heavy atom. The second-order valence-corrected chi connectivity index (χ2v) is 9.05. The molecule has 3 aromatic rings. The Hall–Kier alpha value is -2.59. The van der Waals surface area contributed by atoms with Crippen LogP contribution < -0.4 is 10.9 Å². The fourth-order valence-electron chi connectivity index (χ4n) is 2.56. The minimum atomic E-state index is -0.454. The first-order chi connectivity index (χ1) is 13.8. The van der Waals surface area contributed by atoms with Crippen LogP contribution in [-0.4, -0.2) is 33.0 Å². The van der Waals surface area contributed by atoms with Crippen molar-refractivity contribution in [1.82, 2.24) is 14.5 Å². The molecule has 0 spiro atoms. The van der Waals surface area contributed by atoms with Gasteiger partial charge in [0.25, 0.3) is 5.56 Å². The van der Waals surface area contributed by atoms with Gasteiger partial charge in [-0.3, -0.25) is 14.2 Å². The predicted octanol–water partition coefficient (Wildman–Crippen LogP) is 3.24. The molecule has 0 radical (unpaired) electrons. The fraction of sp³-hybridized carbons (Fsp3) is 0.421. The molecule has 10 heteroatoms. The van der Waals surface area contributed by atoms with E-state index in [0.29, 0.717) is 27.4 Å². The Morgan fingerprint density at radius 2 is 2.07 bits per heavy atom. The molecule has 0 fully saturated rings. The van der Waals surface area contributed by atoms with E-state index in [9.17, 15) is 14.4 Å². The number of thiophene rings is 1. The van der Waals surface area contributed by atoms with Crippen molar-refractivity contribution in [3.8, 4) is 0 Å². The van der Waals surface area contributed by atoms with Crippen LogP contribution in [0.25, 0.3) is 10.2 Å². The molecule has 8 nitrogen and oxygen atoms in total. The summed E-state index contributed by atoms with van der Waals surface area (Å²) >= 11 is 2.53. The van der Waals surface area contributed by atoms with Crippen LogP contribution in [0.5, 0.6) is 0 Å². The number of nitrogens with one attached hydrogen (secondary N) is 1. The number of anilines is 1. The molecule has 3 aromatic heterocycles. The molecule has 0 aliphatic heterocycles. The van der Waals surface area contributed by atoms with Gasteiger partial charge >= 0.3 is 5.97 Å². The van der Waals surface area contributed by atoms with Crippen LogP contribution in [0, 0.1) is 12.8 Å². The summed E-state index contributed by atoms with van der Waals surface area (Å²) in [6, 6.07) is 1.82. The fourth-order valence-corrected chi connectivity index (χ4v) is 4.36. The Balaban J connectivity index is 1.70. The first kappa shape index (κ1) is 21.1. The third kappa shape index (κ3) is 4.88. The summed E-state index contributed by atoms with van der Waals surface area (Å²) in [6.07, 6.45) is 2.20. The summed E-state index contributed by atoms with van der Waals surface area (Å²) in [4.78, 5) is 47.7. The molecule has 0 atom stereocenters. The normalized spacial score (nSPS) is 11.2.